The van der Waals surface area contributed by atoms with Gasteiger partial charge in [0.25, 0.3) is 0 Å². The van der Waals surface area contributed by atoms with Gasteiger partial charge in [0.1, 0.15) is 5.75 Å². The molecule has 1 aromatic rings. The number of likely N-dealkylation sites (N-methyl/N-ethyl adjacent to an activating group) is 1. The van der Waals surface area contributed by atoms with Gasteiger partial charge in [0.15, 0.2) is 0 Å². The van der Waals surface area contributed by atoms with Gasteiger partial charge in [-0.2, -0.15) is 0 Å². The number of nitrogens with zero attached hydrogens (tertiary/aromatic N) is 1. The average Bonchev–Trinajstić information content (AvgIpc) is 2.51. The van der Waals surface area contributed by atoms with Crippen molar-refractivity contribution in [1.29, 1.82) is 0 Å². The molecule has 0 aromatic heterocycles. The molecule has 3 heteroatoms. The predicted molar refractivity (Wildman–Crippen MR) is 90.8 cm³/mol. The molecular formula is C18H32N2O. The van der Waals surface area contributed by atoms with E-state index in [0.29, 0.717) is 18.5 Å². The summed E-state index contributed by atoms with van der Waals surface area (Å²) >= 11 is 0. The Kier molecular flexibility index (Phi) is 6.69. The molecule has 0 spiro atoms. The van der Waals surface area contributed by atoms with Crippen LogP contribution in [0.1, 0.15) is 39.7 Å². The summed E-state index contributed by atoms with van der Waals surface area (Å²) in [7, 11) is 3.90. The van der Waals surface area contributed by atoms with E-state index in [4.69, 9.17) is 10.5 Å². The second kappa shape index (κ2) is 7.81. The number of aryl methyl sites for hydroxylation is 1. The van der Waals surface area contributed by atoms with E-state index in [1.54, 1.807) is 7.11 Å². The van der Waals surface area contributed by atoms with Crippen LogP contribution in [0.5, 0.6) is 5.75 Å². The van der Waals surface area contributed by atoms with Crippen molar-refractivity contribution in [2.75, 3.05) is 20.7 Å². The van der Waals surface area contributed by atoms with Crippen LogP contribution >= 0.6 is 0 Å². The minimum Gasteiger partial charge on any atom is -0.497 e. The van der Waals surface area contributed by atoms with Crippen LogP contribution in [0.3, 0.4) is 0 Å². The minimum atomic E-state index is 0.0314. The van der Waals surface area contributed by atoms with Gasteiger partial charge in [0, 0.05) is 18.1 Å². The summed E-state index contributed by atoms with van der Waals surface area (Å²) in [6, 6.07) is 8.85. The molecule has 0 aliphatic heterocycles. The molecule has 2 N–H and O–H groups in total. The molecule has 120 valence electrons. The third-order valence-corrected chi connectivity index (χ3v) is 4.98. The number of nitrogens with two attached hydrogens (primary N) is 1. The summed E-state index contributed by atoms with van der Waals surface area (Å²) in [6.45, 7) is 9.77. The first-order chi connectivity index (χ1) is 9.84. The number of ether oxygens (including phenoxy) is 1. The zero-order chi connectivity index (χ0) is 16.0. The van der Waals surface area contributed by atoms with Gasteiger partial charge in [-0.05, 0) is 57.4 Å². The average molecular weight is 292 g/mol. The normalized spacial score (nSPS) is 16.0. The van der Waals surface area contributed by atoms with E-state index in [-0.39, 0.29) is 5.54 Å². The molecule has 0 fully saturated rings. The smallest absolute Gasteiger partial charge is 0.118 e. The first-order valence-corrected chi connectivity index (χ1v) is 7.90. The summed E-state index contributed by atoms with van der Waals surface area (Å²) in [5.41, 5.74) is 7.46. The molecule has 0 bridgehead atoms. The van der Waals surface area contributed by atoms with Crippen LogP contribution in [0.15, 0.2) is 24.3 Å². The van der Waals surface area contributed by atoms with Crippen molar-refractivity contribution in [3.05, 3.63) is 29.8 Å². The molecule has 0 saturated heterocycles. The van der Waals surface area contributed by atoms with Gasteiger partial charge >= 0.3 is 0 Å². The summed E-state index contributed by atoms with van der Waals surface area (Å²) in [5, 5.41) is 0. The highest BCUT2D eigenvalue weighted by Gasteiger charge is 2.31. The van der Waals surface area contributed by atoms with E-state index in [1.807, 2.05) is 12.1 Å². The molecule has 21 heavy (non-hydrogen) atoms. The molecule has 1 aromatic carbocycles. The number of rotatable bonds is 8. The number of hydrogen-bond donors (Lipinski definition) is 1. The van der Waals surface area contributed by atoms with E-state index in [9.17, 15) is 0 Å². The molecule has 0 amide bonds. The van der Waals surface area contributed by atoms with Crippen molar-refractivity contribution in [1.82, 2.24) is 4.90 Å². The number of hydrogen-bond acceptors (Lipinski definition) is 3. The lowest BCUT2D eigenvalue weighted by Gasteiger charge is -2.43. The van der Waals surface area contributed by atoms with Crippen LogP contribution in [0, 0.1) is 5.92 Å². The summed E-state index contributed by atoms with van der Waals surface area (Å²) in [6.07, 6.45) is 2.09. The van der Waals surface area contributed by atoms with Crippen LogP contribution in [0.2, 0.25) is 0 Å². The van der Waals surface area contributed by atoms with Gasteiger partial charge in [-0.25, -0.2) is 0 Å². The van der Waals surface area contributed by atoms with Crippen LogP contribution in [0.25, 0.3) is 0 Å². The molecule has 0 aliphatic carbocycles. The molecular weight excluding hydrogens is 260 g/mol. The Hall–Kier alpha value is -1.06. The topological polar surface area (TPSA) is 38.5 Å². The first-order valence-electron chi connectivity index (χ1n) is 7.90. The predicted octanol–water partition coefficient (Wildman–Crippen LogP) is 3.32. The lowest BCUT2D eigenvalue weighted by Crippen LogP contribution is -2.54. The second-order valence-corrected chi connectivity index (χ2v) is 6.64. The van der Waals surface area contributed by atoms with Crippen LogP contribution in [0.4, 0.5) is 0 Å². The summed E-state index contributed by atoms with van der Waals surface area (Å²) in [5.74, 6) is 1.53. The summed E-state index contributed by atoms with van der Waals surface area (Å²) < 4.78 is 5.20. The Balaban J connectivity index is 2.71. The number of benzene rings is 1. The van der Waals surface area contributed by atoms with Gasteiger partial charge in [0.05, 0.1) is 7.11 Å². The lowest BCUT2D eigenvalue weighted by molar-refractivity contribution is 0.0699. The Morgan fingerprint density at radius 1 is 1.19 bits per heavy atom. The Morgan fingerprint density at radius 2 is 1.76 bits per heavy atom. The van der Waals surface area contributed by atoms with Crippen molar-refractivity contribution < 1.29 is 4.74 Å². The molecule has 2 atom stereocenters. The molecule has 1 rings (SSSR count). The highest BCUT2D eigenvalue weighted by Crippen LogP contribution is 2.25. The first kappa shape index (κ1) is 18.0. The zero-order valence-corrected chi connectivity index (χ0v) is 14.5. The van der Waals surface area contributed by atoms with E-state index in [0.717, 1.165) is 18.6 Å². The molecule has 0 radical (unpaired) electrons. The highest BCUT2D eigenvalue weighted by molar-refractivity contribution is 5.27. The van der Waals surface area contributed by atoms with E-state index >= 15 is 0 Å². The van der Waals surface area contributed by atoms with E-state index in [1.165, 1.54) is 5.56 Å². The van der Waals surface area contributed by atoms with Crippen molar-refractivity contribution in [3.63, 3.8) is 0 Å². The fourth-order valence-electron chi connectivity index (χ4n) is 2.57. The summed E-state index contributed by atoms with van der Waals surface area (Å²) in [4.78, 5) is 2.45. The fourth-order valence-corrected chi connectivity index (χ4v) is 2.57. The fraction of sp³-hybridized carbons (Fsp3) is 0.667. The lowest BCUT2D eigenvalue weighted by atomic mass is 9.88. The van der Waals surface area contributed by atoms with Gasteiger partial charge < -0.3 is 10.5 Å². The Labute approximate surface area is 130 Å². The van der Waals surface area contributed by atoms with Crippen LogP contribution < -0.4 is 10.5 Å². The monoisotopic (exact) mass is 292 g/mol. The van der Waals surface area contributed by atoms with E-state index in [2.05, 4.69) is 51.8 Å². The molecule has 0 saturated carbocycles. The van der Waals surface area contributed by atoms with Gasteiger partial charge in [-0.15, -0.1) is 0 Å². The highest BCUT2D eigenvalue weighted by atomic mass is 16.5. The molecule has 0 aliphatic rings. The van der Waals surface area contributed by atoms with Crippen molar-refractivity contribution in [2.45, 2.75) is 52.1 Å². The Bertz CT molecular complexity index is 416. The van der Waals surface area contributed by atoms with Gasteiger partial charge in [-0.3, -0.25) is 4.90 Å². The van der Waals surface area contributed by atoms with Crippen LogP contribution in [-0.2, 0) is 6.42 Å². The van der Waals surface area contributed by atoms with Crippen molar-refractivity contribution in [2.24, 2.45) is 11.7 Å². The Morgan fingerprint density at radius 3 is 2.19 bits per heavy atom. The maximum absolute atomic E-state index is 6.09. The standard InChI is InChI=1S/C18H32N2O/c1-14(2)15(3)20(5)18(4,13-19)12-11-16-7-9-17(21-6)10-8-16/h7-10,14-15H,11-13,19H2,1-6H3. The molecule has 0 heterocycles. The SMILES string of the molecule is COc1ccc(CCC(C)(CN)N(C)C(C)C(C)C)cc1. The van der Waals surface area contributed by atoms with E-state index < -0.39 is 0 Å². The van der Waals surface area contributed by atoms with Crippen LogP contribution in [-0.4, -0.2) is 37.2 Å². The third-order valence-electron chi connectivity index (χ3n) is 4.98. The van der Waals surface area contributed by atoms with Crippen molar-refractivity contribution in [3.8, 4) is 5.75 Å². The van der Waals surface area contributed by atoms with Gasteiger partial charge in [0.2, 0.25) is 0 Å². The maximum Gasteiger partial charge on any atom is 0.118 e. The maximum atomic E-state index is 6.09. The number of methoxy groups -OCH3 is 1. The molecule has 2 unspecified atom stereocenters. The zero-order valence-electron chi connectivity index (χ0n) is 14.5. The second-order valence-electron chi connectivity index (χ2n) is 6.64. The van der Waals surface area contributed by atoms with Gasteiger partial charge in [-0.1, -0.05) is 26.0 Å². The third kappa shape index (κ3) is 4.72. The minimum absolute atomic E-state index is 0.0314. The quantitative estimate of drug-likeness (QED) is 0.799. The van der Waals surface area contributed by atoms with Crippen molar-refractivity contribution >= 4 is 0 Å². The molecule has 3 nitrogen and oxygen atoms in total. The largest absolute Gasteiger partial charge is 0.497 e.